The standard InChI is InChI=1S/C12H12F5NO2/c1-12(2,18-3)4-5(19)20-11-9(16)7(14)6(13)8(15)10(11)17/h18H,4H2,1-3H3. The second-order valence-corrected chi connectivity index (χ2v) is 4.68. The lowest BCUT2D eigenvalue weighted by molar-refractivity contribution is -0.136. The van der Waals surface area contributed by atoms with Crippen molar-refractivity contribution in [1.82, 2.24) is 5.32 Å². The summed E-state index contributed by atoms with van der Waals surface area (Å²) >= 11 is 0. The highest BCUT2D eigenvalue weighted by atomic mass is 19.2. The lowest BCUT2D eigenvalue weighted by Gasteiger charge is -2.22. The van der Waals surface area contributed by atoms with Gasteiger partial charge in [0.25, 0.3) is 0 Å². The summed E-state index contributed by atoms with van der Waals surface area (Å²) in [6, 6.07) is 0. The normalized spacial score (nSPS) is 11.6. The Morgan fingerprint density at radius 2 is 1.40 bits per heavy atom. The van der Waals surface area contributed by atoms with Gasteiger partial charge in [-0.3, -0.25) is 4.79 Å². The molecule has 0 fully saturated rings. The molecule has 1 aromatic rings. The molecule has 0 bridgehead atoms. The monoisotopic (exact) mass is 297 g/mol. The molecule has 8 heteroatoms. The van der Waals surface area contributed by atoms with Crippen molar-refractivity contribution in [2.45, 2.75) is 25.8 Å². The predicted octanol–water partition coefficient (Wildman–Crippen LogP) is 2.68. The number of rotatable bonds is 4. The minimum absolute atomic E-state index is 0.330. The lowest BCUT2D eigenvalue weighted by atomic mass is 10.0. The maximum atomic E-state index is 13.3. The van der Waals surface area contributed by atoms with E-state index in [1.54, 1.807) is 13.8 Å². The second kappa shape index (κ2) is 5.74. The van der Waals surface area contributed by atoms with E-state index in [2.05, 4.69) is 10.1 Å². The summed E-state index contributed by atoms with van der Waals surface area (Å²) in [7, 11) is 1.53. The first-order valence-corrected chi connectivity index (χ1v) is 5.51. The van der Waals surface area contributed by atoms with Crippen molar-refractivity contribution in [3.63, 3.8) is 0 Å². The van der Waals surface area contributed by atoms with Gasteiger partial charge < -0.3 is 10.1 Å². The number of carbonyl (C=O) groups is 1. The summed E-state index contributed by atoms with van der Waals surface area (Å²) in [5.74, 6) is -13.7. The summed E-state index contributed by atoms with van der Waals surface area (Å²) in [6.07, 6.45) is -0.330. The Morgan fingerprint density at radius 3 is 1.80 bits per heavy atom. The molecule has 20 heavy (non-hydrogen) atoms. The van der Waals surface area contributed by atoms with Crippen molar-refractivity contribution in [1.29, 1.82) is 0 Å². The molecule has 1 aromatic carbocycles. The molecule has 0 amide bonds. The highest BCUT2D eigenvalue weighted by molar-refractivity contribution is 5.73. The van der Waals surface area contributed by atoms with Crippen LogP contribution in [0.25, 0.3) is 0 Å². The number of nitrogens with one attached hydrogen (secondary N) is 1. The zero-order valence-corrected chi connectivity index (χ0v) is 10.9. The van der Waals surface area contributed by atoms with Crippen LogP contribution in [0.5, 0.6) is 5.75 Å². The van der Waals surface area contributed by atoms with Crippen LogP contribution in [0.15, 0.2) is 0 Å². The topological polar surface area (TPSA) is 38.3 Å². The van der Waals surface area contributed by atoms with Gasteiger partial charge in [-0.15, -0.1) is 0 Å². The number of esters is 1. The molecule has 0 aliphatic heterocycles. The third kappa shape index (κ3) is 3.24. The number of halogens is 5. The first kappa shape index (κ1) is 16.4. The molecule has 0 radical (unpaired) electrons. The fraction of sp³-hybridized carbons (Fsp3) is 0.417. The molecular formula is C12H12F5NO2. The number of hydrogen-bond donors (Lipinski definition) is 1. The third-order valence-electron chi connectivity index (χ3n) is 2.65. The molecule has 112 valence electrons. The van der Waals surface area contributed by atoms with Crippen LogP contribution in [0, 0.1) is 29.1 Å². The number of hydrogen-bond acceptors (Lipinski definition) is 3. The molecule has 0 spiro atoms. The molecule has 0 saturated heterocycles. The van der Waals surface area contributed by atoms with Gasteiger partial charge in [-0.05, 0) is 20.9 Å². The smallest absolute Gasteiger partial charge is 0.313 e. The van der Waals surface area contributed by atoms with E-state index in [-0.39, 0.29) is 6.42 Å². The quantitative estimate of drug-likeness (QED) is 0.305. The van der Waals surface area contributed by atoms with Gasteiger partial charge in [-0.1, -0.05) is 0 Å². The van der Waals surface area contributed by atoms with E-state index in [0.29, 0.717) is 0 Å². The van der Waals surface area contributed by atoms with E-state index >= 15 is 0 Å². The van der Waals surface area contributed by atoms with Gasteiger partial charge in [0.1, 0.15) is 0 Å². The Morgan fingerprint density at radius 1 is 1.00 bits per heavy atom. The maximum absolute atomic E-state index is 13.3. The Kier molecular flexibility index (Phi) is 4.69. The van der Waals surface area contributed by atoms with Crippen LogP contribution in [-0.2, 0) is 4.79 Å². The maximum Gasteiger partial charge on any atom is 0.313 e. The van der Waals surface area contributed by atoms with Gasteiger partial charge in [0.15, 0.2) is 0 Å². The molecule has 1 rings (SSSR count). The molecule has 3 nitrogen and oxygen atoms in total. The molecule has 0 unspecified atom stereocenters. The SMILES string of the molecule is CNC(C)(C)CC(=O)Oc1c(F)c(F)c(F)c(F)c1F. The first-order chi connectivity index (χ1) is 9.10. The fourth-order valence-electron chi connectivity index (χ4n) is 1.27. The molecule has 0 atom stereocenters. The van der Waals surface area contributed by atoms with Crippen LogP contribution < -0.4 is 10.1 Å². The van der Waals surface area contributed by atoms with Crippen molar-refractivity contribution >= 4 is 5.97 Å². The number of ether oxygens (including phenoxy) is 1. The molecule has 0 saturated carbocycles. The van der Waals surface area contributed by atoms with Gasteiger partial charge in [0, 0.05) is 5.54 Å². The highest BCUT2D eigenvalue weighted by Crippen LogP contribution is 2.29. The van der Waals surface area contributed by atoms with E-state index < -0.39 is 46.3 Å². The number of benzene rings is 1. The van der Waals surface area contributed by atoms with Crippen LogP contribution in [0.2, 0.25) is 0 Å². The van der Waals surface area contributed by atoms with Crippen molar-refractivity contribution in [3.05, 3.63) is 29.1 Å². The van der Waals surface area contributed by atoms with Gasteiger partial charge in [-0.2, -0.15) is 8.78 Å². The Bertz CT molecular complexity index is 516. The minimum atomic E-state index is -2.31. The Hall–Kier alpha value is -1.70. The average Bonchev–Trinajstić information content (AvgIpc) is 2.38. The van der Waals surface area contributed by atoms with Crippen molar-refractivity contribution in [2.75, 3.05) is 7.05 Å². The van der Waals surface area contributed by atoms with E-state index in [4.69, 9.17) is 0 Å². The molecule has 0 aromatic heterocycles. The predicted molar refractivity (Wildman–Crippen MR) is 59.6 cm³/mol. The molecule has 0 aliphatic carbocycles. The number of carbonyl (C=O) groups excluding carboxylic acids is 1. The van der Waals surface area contributed by atoms with Crippen LogP contribution in [0.1, 0.15) is 20.3 Å². The average molecular weight is 297 g/mol. The fourth-order valence-corrected chi connectivity index (χ4v) is 1.27. The van der Waals surface area contributed by atoms with Gasteiger partial charge in [0.05, 0.1) is 6.42 Å². The summed E-state index contributed by atoms with van der Waals surface area (Å²) in [6.45, 7) is 3.18. The van der Waals surface area contributed by atoms with Crippen LogP contribution in [0.4, 0.5) is 22.0 Å². The minimum Gasteiger partial charge on any atom is -0.420 e. The van der Waals surface area contributed by atoms with Crippen molar-refractivity contribution < 1.29 is 31.5 Å². The van der Waals surface area contributed by atoms with Crippen molar-refractivity contribution in [2.24, 2.45) is 0 Å². The zero-order valence-electron chi connectivity index (χ0n) is 10.9. The molecular weight excluding hydrogens is 285 g/mol. The molecule has 1 N–H and O–H groups in total. The summed E-state index contributed by atoms with van der Waals surface area (Å²) in [5, 5.41) is 2.72. The van der Waals surface area contributed by atoms with E-state index in [0.717, 1.165) is 0 Å². The summed E-state index contributed by atoms with van der Waals surface area (Å²) < 4.78 is 69.4. The zero-order chi connectivity index (χ0) is 15.7. The van der Waals surface area contributed by atoms with Crippen LogP contribution >= 0.6 is 0 Å². The molecule has 0 aliphatic rings. The highest BCUT2D eigenvalue weighted by Gasteiger charge is 2.30. The Labute approximate surface area is 111 Å². The van der Waals surface area contributed by atoms with Crippen LogP contribution in [0.3, 0.4) is 0 Å². The van der Waals surface area contributed by atoms with Gasteiger partial charge >= 0.3 is 5.97 Å². The lowest BCUT2D eigenvalue weighted by Crippen LogP contribution is -2.39. The largest absolute Gasteiger partial charge is 0.420 e. The van der Waals surface area contributed by atoms with Crippen molar-refractivity contribution in [3.8, 4) is 5.75 Å². The van der Waals surface area contributed by atoms with E-state index in [9.17, 15) is 26.7 Å². The van der Waals surface area contributed by atoms with E-state index in [1.807, 2.05) is 0 Å². The second-order valence-electron chi connectivity index (χ2n) is 4.68. The van der Waals surface area contributed by atoms with E-state index in [1.165, 1.54) is 7.05 Å². The first-order valence-electron chi connectivity index (χ1n) is 5.51. The van der Waals surface area contributed by atoms with Gasteiger partial charge in [-0.25, -0.2) is 13.2 Å². The summed E-state index contributed by atoms with van der Waals surface area (Å²) in [4.78, 5) is 11.5. The Balaban J connectivity index is 3.08. The molecule has 0 heterocycles. The third-order valence-corrected chi connectivity index (χ3v) is 2.65. The summed E-state index contributed by atoms with van der Waals surface area (Å²) in [5.41, 5.74) is -0.763. The van der Waals surface area contributed by atoms with Crippen LogP contribution in [-0.4, -0.2) is 18.6 Å². The van der Waals surface area contributed by atoms with Gasteiger partial charge in [0.2, 0.25) is 34.8 Å².